The number of nitrogens with one attached hydrogen (secondary N) is 6. The fourth-order valence-electron chi connectivity index (χ4n) is 5.77. The minimum atomic E-state index is -1.08. The molecule has 0 aromatic heterocycles. The van der Waals surface area contributed by atoms with E-state index in [1.54, 1.807) is 0 Å². The molecule has 3 rings (SSSR count). The van der Waals surface area contributed by atoms with E-state index in [0.29, 0.717) is 18.6 Å². The minimum absolute atomic E-state index is 0.0255. The Morgan fingerprint density at radius 2 is 1.33 bits per heavy atom. The highest BCUT2D eigenvalue weighted by Crippen LogP contribution is 2.11. The van der Waals surface area contributed by atoms with E-state index in [9.17, 15) is 28.8 Å². The summed E-state index contributed by atoms with van der Waals surface area (Å²) in [5.74, 6) is -2.63. The molecule has 278 valence electrons. The maximum absolute atomic E-state index is 13.8. The minimum Gasteiger partial charge on any atom is -0.368 e. The molecule has 0 spiro atoms. The van der Waals surface area contributed by atoms with Crippen LogP contribution in [0.5, 0.6) is 0 Å². The Kier molecular flexibility index (Phi) is 17.5. The molecule has 0 bridgehead atoms. The van der Waals surface area contributed by atoms with E-state index in [1.165, 1.54) is 11.8 Å². The van der Waals surface area contributed by atoms with E-state index in [0.717, 1.165) is 30.5 Å². The van der Waals surface area contributed by atoms with Gasteiger partial charge in [-0.3, -0.25) is 28.8 Å². The lowest BCUT2D eigenvalue weighted by atomic mass is 10.0. The van der Waals surface area contributed by atoms with Crippen molar-refractivity contribution in [1.82, 2.24) is 31.9 Å². The number of benzene rings is 2. The van der Waals surface area contributed by atoms with Gasteiger partial charge in [-0.2, -0.15) is 11.8 Å². The smallest absolute Gasteiger partial charge is 0.243 e. The topological polar surface area (TPSA) is 201 Å². The molecular formula is C37H53N7O6S. The lowest BCUT2D eigenvalue weighted by Crippen LogP contribution is -2.58. The Labute approximate surface area is 304 Å². The fraction of sp³-hybridized carbons (Fsp3) is 0.514. The van der Waals surface area contributed by atoms with Gasteiger partial charge in [0.1, 0.15) is 24.2 Å². The summed E-state index contributed by atoms with van der Waals surface area (Å²) in [4.78, 5) is 78.8. The van der Waals surface area contributed by atoms with Crippen molar-refractivity contribution in [2.24, 2.45) is 11.7 Å². The molecule has 1 heterocycles. The van der Waals surface area contributed by atoms with Crippen molar-refractivity contribution in [3.63, 3.8) is 0 Å². The third-order valence-corrected chi connectivity index (χ3v) is 9.15. The van der Waals surface area contributed by atoms with Crippen LogP contribution in [0.15, 0.2) is 60.7 Å². The molecule has 13 nitrogen and oxygen atoms in total. The van der Waals surface area contributed by atoms with Crippen LogP contribution < -0.4 is 37.6 Å². The molecule has 2 aromatic rings. The maximum Gasteiger partial charge on any atom is 0.243 e. The van der Waals surface area contributed by atoms with Gasteiger partial charge in [-0.1, -0.05) is 80.9 Å². The predicted molar refractivity (Wildman–Crippen MR) is 198 cm³/mol. The molecule has 5 atom stereocenters. The summed E-state index contributed by atoms with van der Waals surface area (Å²) in [6, 6.07) is 14.1. The summed E-state index contributed by atoms with van der Waals surface area (Å²) < 4.78 is 0. The fourth-order valence-corrected chi connectivity index (χ4v) is 6.24. The Bertz CT molecular complexity index is 1440. The number of carbonyl (C=O) groups excluding carboxylic acids is 6. The number of nitrogens with two attached hydrogens (primary N) is 1. The first-order chi connectivity index (χ1) is 24.5. The monoisotopic (exact) mass is 723 g/mol. The van der Waals surface area contributed by atoms with Gasteiger partial charge in [0.25, 0.3) is 0 Å². The number of amides is 6. The normalized spacial score (nSPS) is 16.5. The molecule has 1 fully saturated rings. The summed E-state index contributed by atoms with van der Waals surface area (Å²) in [7, 11) is 0. The lowest BCUT2D eigenvalue weighted by Gasteiger charge is -2.27. The molecule has 0 aliphatic carbocycles. The second-order valence-corrected chi connectivity index (χ2v) is 14.2. The highest BCUT2D eigenvalue weighted by atomic mass is 32.2. The van der Waals surface area contributed by atoms with Crippen molar-refractivity contribution in [3.05, 3.63) is 71.8 Å². The van der Waals surface area contributed by atoms with E-state index in [4.69, 9.17) is 5.73 Å². The van der Waals surface area contributed by atoms with Crippen LogP contribution >= 0.6 is 11.8 Å². The van der Waals surface area contributed by atoms with Crippen molar-refractivity contribution in [3.8, 4) is 0 Å². The third-order valence-electron chi connectivity index (χ3n) is 8.51. The molecule has 2 aromatic carbocycles. The van der Waals surface area contributed by atoms with Gasteiger partial charge < -0.3 is 37.6 Å². The highest BCUT2D eigenvalue weighted by molar-refractivity contribution is 7.98. The summed E-state index contributed by atoms with van der Waals surface area (Å²) in [5.41, 5.74) is 7.10. The van der Waals surface area contributed by atoms with Crippen LogP contribution in [-0.4, -0.2) is 90.8 Å². The Balaban J connectivity index is 1.72. The maximum atomic E-state index is 13.8. The molecule has 0 radical (unpaired) electrons. The summed E-state index contributed by atoms with van der Waals surface area (Å²) in [5, 5.41) is 16.8. The lowest BCUT2D eigenvalue weighted by molar-refractivity contribution is -0.133. The van der Waals surface area contributed by atoms with Crippen molar-refractivity contribution < 1.29 is 28.8 Å². The summed E-state index contributed by atoms with van der Waals surface area (Å²) in [6.45, 7) is 4.04. The van der Waals surface area contributed by atoms with Gasteiger partial charge in [0.2, 0.25) is 35.4 Å². The zero-order chi connectivity index (χ0) is 37.2. The Hall–Kier alpha value is -4.43. The van der Waals surface area contributed by atoms with E-state index >= 15 is 0 Å². The van der Waals surface area contributed by atoms with Crippen LogP contribution in [0.1, 0.15) is 57.1 Å². The number of rotatable bonds is 20. The van der Waals surface area contributed by atoms with E-state index in [2.05, 4.69) is 31.9 Å². The van der Waals surface area contributed by atoms with Crippen LogP contribution in [0.3, 0.4) is 0 Å². The third kappa shape index (κ3) is 14.8. The number of hydrogen-bond acceptors (Lipinski definition) is 8. The van der Waals surface area contributed by atoms with Crippen molar-refractivity contribution in [2.75, 3.05) is 25.1 Å². The van der Waals surface area contributed by atoms with Gasteiger partial charge in [-0.15, -0.1) is 0 Å². The van der Waals surface area contributed by atoms with Crippen molar-refractivity contribution in [1.29, 1.82) is 0 Å². The van der Waals surface area contributed by atoms with Gasteiger partial charge in [-0.05, 0) is 61.3 Å². The number of hydrogen-bond donors (Lipinski definition) is 7. The van der Waals surface area contributed by atoms with Crippen LogP contribution in [0, 0.1) is 5.92 Å². The van der Waals surface area contributed by atoms with E-state index in [1.807, 2.05) is 80.8 Å². The zero-order valence-electron chi connectivity index (χ0n) is 29.7. The molecule has 14 heteroatoms. The number of thioether (sulfide) groups is 1. The Morgan fingerprint density at radius 1 is 0.765 bits per heavy atom. The number of carbonyl (C=O) groups is 6. The first kappa shape index (κ1) is 41.0. The summed E-state index contributed by atoms with van der Waals surface area (Å²) >= 11 is 1.51. The SMILES string of the molecule is CSCC[C@H](NC(=O)[C@H](CC(C)C)NC(=O)CNC(=O)[C@H](Cc1ccccc1)NC(=O)[C@H](Cc1ccccc1)NC(=O)[C@@H]1CCCCN1)C(N)=O. The average molecular weight is 724 g/mol. The molecule has 6 amide bonds. The van der Waals surface area contributed by atoms with Gasteiger partial charge in [0.15, 0.2) is 0 Å². The van der Waals surface area contributed by atoms with Crippen LogP contribution in [0.25, 0.3) is 0 Å². The van der Waals surface area contributed by atoms with E-state index < -0.39 is 66.3 Å². The quantitative estimate of drug-likeness (QED) is 0.105. The highest BCUT2D eigenvalue weighted by Gasteiger charge is 2.31. The standard InChI is InChI=1S/C37H53N7O6S/c1-24(2)20-29(36(49)42-27(33(38)46)17-19-51-3)41-32(45)23-40-34(47)30(21-25-12-6-4-7-13-25)43-37(50)31(22-26-14-8-5-9-15-26)44-35(48)28-16-10-11-18-39-28/h4-9,12-15,24,27-31,39H,10-11,16-23H2,1-3H3,(H2,38,46)(H,40,47)(H,41,45)(H,42,49)(H,43,50)(H,44,48)/t27-,28-,29-,30-,31-/m0/s1. The molecular weight excluding hydrogens is 671 g/mol. The first-order valence-electron chi connectivity index (χ1n) is 17.5. The predicted octanol–water partition coefficient (Wildman–Crippen LogP) is 0.954. The first-order valence-corrected chi connectivity index (χ1v) is 18.9. The molecule has 1 aliphatic rings. The molecule has 0 unspecified atom stereocenters. The second-order valence-electron chi connectivity index (χ2n) is 13.2. The zero-order valence-corrected chi connectivity index (χ0v) is 30.6. The molecule has 1 aliphatic heterocycles. The van der Waals surface area contributed by atoms with Gasteiger partial charge in [0.05, 0.1) is 12.6 Å². The Morgan fingerprint density at radius 3 is 1.86 bits per heavy atom. The van der Waals surface area contributed by atoms with Gasteiger partial charge in [0, 0.05) is 12.8 Å². The number of primary amides is 1. The largest absolute Gasteiger partial charge is 0.368 e. The second kappa shape index (κ2) is 21.7. The van der Waals surface area contributed by atoms with Crippen molar-refractivity contribution in [2.45, 2.75) is 89.0 Å². The molecule has 1 saturated heterocycles. The van der Waals surface area contributed by atoms with Gasteiger partial charge >= 0.3 is 0 Å². The molecule has 8 N–H and O–H groups in total. The molecule has 51 heavy (non-hydrogen) atoms. The van der Waals surface area contributed by atoms with E-state index in [-0.39, 0.29) is 31.1 Å². The summed E-state index contributed by atoms with van der Waals surface area (Å²) in [6.07, 6.45) is 5.39. The van der Waals surface area contributed by atoms with Crippen LogP contribution in [0.4, 0.5) is 0 Å². The number of piperidine rings is 1. The van der Waals surface area contributed by atoms with Gasteiger partial charge in [-0.25, -0.2) is 0 Å². The average Bonchev–Trinajstić information content (AvgIpc) is 3.12. The van der Waals surface area contributed by atoms with Crippen molar-refractivity contribution >= 4 is 47.2 Å². The van der Waals surface area contributed by atoms with Crippen LogP contribution in [0.2, 0.25) is 0 Å². The van der Waals surface area contributed by atoms with Crippen LogP contribution in [-0.2, 0) is 41.6 Å². The molecule has 0 saturated carbocycles.